The normalized spacial score (nSPS) is 11.6. The average molecular weight is 372 g/mol. The maximum atomic E-state index is 11.4. The molecule has 0 rings (SSSR count). The molecule has 15 heteroatoms. The van der Waals surface area contributed by atoms with Crippen molar-refractivity contribution in [2.75, 3.05) is 27.2 Å². The summed E-state index contributed by atoms with van der Waals surface area (Å²) in [6.45, 7) is -1.16. The van der Waals surface area contributed by atoms with Crippen LogP contribution in [0.3, 0.4) is 0 Å². The Morgan fingerprint density at radius 2 is 1.30 bits per heavy atom. The van der Waals surface area contributed by atoms with E-state index in [1.54, 1.807) is 0 Å². The van der Waals surface area contributed by atoms with E-state index in [0.717, 1.165) is 9.80 Å². The van der Waals surface area contributed by atoms with Crippen molar-refractivity contribution in [2.45, 2.75) is 0 Å². The fourth-order valence-corrected chi connectivity index (χ4v) is 1.56. The second-order valence-electron chi connectivity index (χ2n) is 3.88. The molecule has 0 radical (unpaired) electrons. The van der Waals surface area contributed by atoms with Gasteiger partial charge in [-0.2, -0.15) is 0 Å². The molecular weight excluding hydrogens is 353 g/mol. The van der Waals surface area contributed by atoms with Gasteiger partial charge in [0.15, 0.2) is 11.9 Å². The third kappa shape index (κ3) is 12.7. The first-order chi connectivity index (χ1) is 9.44. The van der Waals surface area contributed by atoms with Crippen LogP contribution in [0.1, 0.15) is 2.85 Å². The first-order valence-electron chi connectivity index (χ1n) is 5.32. The van der Waals surface area contributed by atoms with Crippen molar-refractivity contribution in [3.8, 4) is 0 Å². The van der Waals surface area contributed by atoms with E-state index in [4.69, 9.17) is 22.3 Å². The summed E-state index contributed by atoms with van der Waals surface area (Å²) in [6.07, 6.45) is 0. The Morgan fingerprint density at radius 3 is 1.52 bits per heavy atom. The number of carbonyl (C=O) groups is 2. The van der Waals surface area contributed by atoms with E-state index in [0.29, 0.717) is 0 Å². The van der Waals surface area contributed by atoms with Crippen LogP contribution in [-0.4, -0.2) is 65.7 Å². The van der Waals surface area contributed by atoms with Crippen molar-refractivity contribution in [3.05, 3.63) is 0 Å². The molecular formula is C8H19N6Na2O6P. The number of hydrogen-bond donors (Lipinski definition) is 5. The Hall–Kier alpha value is -0.330. The van der Waals surface area contributed by atoms with Crippen LogP contribution < -0.4 is 70.6 Å². The standard InChI is InChI=1S/C8H17N6O6P.2Na.2H/c1-13(7(9)10)3-5(15)19-21(17,18)20-6(16)4-14(2)8(11)12;;;;/h3-4H2,1-2H3,(H3,9,10)(H3,11,12)(H,17,18);;;;/q;2*+1;2*-1. The number of hydrogen-bond acceptors (Lipinski definition) is 7. The van der Waals surface area contributed by atoms with Gasteiger partial charge in [0.05, 0.1) is 0 Å². The van der Waals surface area contributed by atoms with Crippen LogP contribution in [0.2, 0.25) is 0 Å². The Morgan fingerprint density at radius 1 is 1.04 bits per heavy atom. The molecule has 0 aliphatic carbocycles. The molecule has 0 atom stereocenters. The van der Waals surface area contributed by atoms with Crippen LogP contribution >= 0.6 is 7.82 Å². The van der Waals surface area contributed by atoms with Gasteiger partial charge >= 0.3 is 78.9 Å². The van der Waals surface area contributed by atoms with Gasteiger partial charge in [-0.1, -0.05) is 0 Å². The number of nitrogens with two attached hydrogens (primary N) is 2. The van der Waals surface area contributed by atoms with E-state index in [2.05, 4.69) is 9.05 Å². The number of phosphoric acid groups is 1. The van der Waals surface area contributed by atoms with Gasteiger partial charge in [0, 0.05) is 14.1 Å². The van der Waals surface area contributed by atoms with Crippen molar-refractivity contribution < 1.29 is 90.1 Å². The topological polar surface area (TPSA) is 196 Å². The van der Waals surface area contributed by atoms with Crippen molar-refractivity contribution >= 4 is 31.7 Å². The van der Waals surface area contributed by atoms with Gasteiger partial charge < -0.3 is 33.2 Å². The maximum Gasteiger partial charge on any atom is 1.00 e. The van der Waals surface area contributed by atoms with E-state index >= 15 is 0 Å². The summed E-state index contributed by atoms with van der Waals surface area (Å²) in [4.78, 5) is 33.7. The van der Waals surface area contributed by atoms with Crippen LogP contribution in [0.5, 0.6) is 0 Å². The number of rotatable bonds is 6. The average Bonchev–Trinajstić information content (AvgIpc) is 2.25. The number of carbonyl (C=O) groups excluding carboxylic acids is 2. The third-order valence-electron chi connectivity index (χ3n) is 1.99. The first kappa shape index (κ1) is 27.5. The number of likely N-dealkylation sites (N-methyl/N-ethyl adjacent to an activating group) is 2. The molecule has 0 saturated carbocycles. The molecule has 0 aliphatic rings. The van der Waals surface area contributed by atoms with Crippen LogP contribution in [0.25, 0.3) is 0 Å². The monoisotopic (exact) mass is 372 g/mol. The second kappa shape index (κ2) is 12.1. The van der Waals surface area contributed by atoms with Gasteiger partial charge in [-0.25, -0.2) is 14.2 Å². The molecule has 12 nitrogen and oxygen atoms in total. The molecule has 0 aliphatic heterocycles. The van der Waals surface area contributed by atoms with Crippen LogP contribution in [0.15, 0.2) is 0 Å². The van der Waals surface area contributed by atoms with Crippen molar-refractivity contribution in [1.29, 1.82) is 10.8 Å². The minimum atomic E-state index is -4.95. The summed E-state index contributed by atoms with van der Waals surface area (Å²) in [5.74, 6) is -3.35. The van der Waals surface area contributed by atoms with Crippen molar-refractivity contribution in [1.82, 2.24) is 9.80 Å². The zero-order chi connectivity index (χ0) is 16.8. The van der Waals surface area contributed by atoms with Gasteiger partial charge in [-0.15, -0.1) is 0 Å². The molecule has 0 aromatic rings. The van der Waals surface area contributed by atoms with Crippen LogP contribution in [0.4, 0.5) is 0 Å². The summed E-state index contributed by atoms with van der Waals surface area (Å²) in [7, 11) is -2.40. The molecule has 0 aromatic carbocycles. The van der Waals surface area contributed by atoms with Crippen molar-refractivity contribution in [2.24, 2.45) is 11.5 Å². The SMILES string of the molecule is CN(CC(=O)OP(=O)(O)OC(=O)CN(C)C(=N)N)C(=N)N.[H-].[H-].[Na+].[Na+]. The largest absolute Gasteiger partial charge is 1.00 e. The summed E-state index contributed by atoms with van der Waals surface area (Å²) < 4.78 is 19.6. The first-order valence-corrected chi connectivity index (χ1v) is 6.82. The Kier molecular flexibility index (Phi) is 14.5. The molecule has 0 unspecified atom stereocenters. The molecule has 0 aromatic heterocycles. The zero-order valence-corrected chi connectivity index (χ0v) is 18.3. The minimum absolute atomic E-state index is 0. The molecule has 0 saturated heterocycles. The van der Waals surface area contributed by atoms with E-state index in [-0.39, 0.29) is 62.0 Å². The van der Waals surface area contributed by atoms with E-state index in [9.17, 15) is 19.0 Å². The Balaban J connectivity index is -0.000000333. The molecule has 7 N–H and O–H groups in total. The number of phosphoric ester groups is 1. The van der Waals surface area contributed by atoms with Crippen molar-refractivity contribution in [3.63, 3.8) is 0 Å². The summed E-state index contributed by atoms with van der Waals surface area (Å²) in [5, 5.41) is 14.0. The van der Waals surface area contributed by atoms with Gasteiger partial charge in [-0.3, -0.25) is 15.7 Å². The molecule has 0 fully saturated rings. The molecule has 0 bridgehead atoms. The Labute approximate surface area is 180 Å². The Bertz CT molecular complexity index is 476. The minimum Gasteiger partial charge on any atom is -1.00 e. The summed E-state index contributed by atoms with van der Waals surface area (Å²) in [6, 6.07) is 0. The zero-order valence-electron chi connectivity index (χ0n) is 15.4. The van der Waals surface area contributed by atoms with E-state index in [1.165, 1.54) is 14.1 Å². The molecule has 23 heavy (non-hydrogen) atoms. The number of guanidine groups is 2. The van der Waals surface area contributed by atoms with E-state index in [1.807, 2.05) is 0 Å². The van der Waals surface area contributed by atoms with Crippen LogP contribution in [0, 0.1) is 10.8 Å². The van der Waals surface area contributed by atoms with E-state index < -0.39 is 44.8 Å². The van der Waals surface area contributed by atoms with Gasteiger partial charge in [0.2, 0.25) is 0 Å². The third-order valence-corrected chi connectivity index (χ3v) is 2.86. The number of nitrogens with zero attached hydrogens (tertiary/aromatic N) is 2. The quantitative estimate of drug-likeness (QED) is 0.129. The molecule has 0 spiro atoms. The predicted octanol–water partition coefficient (Wildman–Crippen LogP) is -7.94. The predicted molar refractivity (Wildman–Crippen MR) is 73.3 cm³/mol. The number of nitrogens with one attached hydrogen (secondary N) is 2. The van der Waals surface area contributed by atoms with Crippen LogP contribution in [-0.2, 0) is 23.2 Å². The second-order valence-corrected chi connectivity index (χ2v) is 5.18. The summed E-state index contributed by atoms with van der Waals surface area (Å²) >= 11 is 0. The maximum absolute atomic E-state index is 11.4. The molecule has 0 heterocycles. The van der Waals surface area contributed by atoms with Gasteiger partial charge in [-0.05, 0) is 0 Å². The van der Waals surface area contributed by atoms with Gasteiger partial charge in [0.1, 0.15) is 13.1 Å². The smallest absolute Gasteiger partial charge is 1.00 e. The summed E-state index contributed by atoms with van der Waals surface area (Å²) in [5.41, 5.74) is 10.1. The molecule has 0 amide bonds. The van der Waals surface area contributed by atoms with Gasteiger partial charge in [0.25, 0.3) is 0 Å². The fraction of sp³-hybridized carbons (Fsp3) is 0.500. The molecule has 124 valence electrons. The fourth-order valence-electron chi connectivity index (χ4n) is 0.891.